The lowest BCUT2D eigenvalue weighted by molar-refractivity contribution is 0.0702. The van der Waals surface area contributed by atoms with E-state index in [1.54, 1.807) is 0 Å². The zero-order valence-corrected chi connectivity index (χ0v) is 14.9. The Kier molecular flexibility index (Phi) is 5.57. The van der Waals surface area contributed by atoms with Crippen LogP contribution in [0.2, 0.25) is 0 Å². The molecule has 1 saturated heterocycles. The average Bonchev–Trinajstić information content (AvgIpc) is 3.04. The number of anilines is 1. The highest BCUT2D eigenvalue weighted by Crippen LogP contribution is 2.20. The van der Waals surface area contributed by atoms with Crippen LogP contribution in [0.15, 0.2) is 12.3 Å². The summed E-state index contributed by atoms with van der Waals surface area (Å²) < 4.78 is 0. The van der Waals surface area contributed by atoms with Gasteiger partial charge in [0.15, 0.2) is 0 Å². The van der Waals surface area contributed by atoms with E-state index in [-0.39, 0.29) is 11.5 Å². The summed E-state index contributed by atoms with van der Waals surface area (Å²) in [5, 5.41) is 18.8. The van der Waals surface area contributed by atoms with Crippen molar-refractivity contribution in [3.63, 3.8) is 0 Å². The molecule has 2 aromatic heterocycles. The SMILES string of the molecule is Cc1nc(Cc2ncc(C(=O)O)s2)cc(N2CCN(CCO)CC2)n1. The maximum atomic E-state index is 11.0. The second-order valence-electron chi connectivity index (χ2n) is 5.92. The van der Waals surface area contributed by atoms with Crippen LogP contribution in [-0.4, -0.2) is 75.4 Å². The predicted octanol–water partition coefficient (Wildman–Crippen LogP) is 0.645. The number of carbonyl (C=O) groups is 1. The summed E-state index contributed by atoms with van der Waals surface area (Å²) >= 11 is 1.17. The second-order valence-corrected chi connectivity index (χ2v) is 7.03. The molecular weight excluding hydrogens is 342 g/mol. The van der Waals surface area contributed by atoms with Gasteiger partial charge in [-0.05, 0) is 6.92 Å². The van der Waals surface area contributed by atoms with Gasteiger partial charge in [-0.1, -0.05) is 0 Å². The summed E-state index contributed by atoms with van der Waals surface area (Å²) in [5.74, 6) is 0.630. The molecule has 1 fully saturated rings. The van der Waals surface area contributed by atoms with Crippen LogP contribution in [0.5, 0.6) is 0 Å². The molecule has 0 amide bonds. The van der Waals surface area contributed by atoms with Crippen molar-refractivity contribution in [2.75, 3.05) is 44.2 Å². The number of piperazine rings is 1. The largest absolute Gasteiger partial charge is 0.477 e. The molecule has 0 unspecified atom stereocenters. The molecule has 0 saturated carbocycles. The van der Waals surface area contributed by atoms with Gasteiger partial charge in [-0.15, -0.1) is 11.3 Å². The topological polar surface area (TPSA) is 103 Å². The maximum absolute atomic E-state index is 11.0. The molecule has 8 nitrogen and oxygen atoms in total. The Morgan fingerprint density at radius 3 is 2.68 bits per heavy atom. The van der Waals surface area contributed by atoms with E-state index < -0.39 is 5.97 Å². The van der Waals surface area contributed by atoms with Crippen LogP contribution >= 0.6 is 11.3 Å². The summed E-state index contributed by atoms with van der Waals surface area (Å²) in [5.41, 5.74) is 0.839. The zero-order valence-electron chi connectivity index (χ0n) is 14.1. The molecule has 0 bridgehead atoms. The van der Waals surface area contributed by atoms with Crippen molar-refractivity contribution < 1.29 is 15.0 Å². The van der Waals surface area contributed by atoms with Crippen molar-refractivity contribution in [1.82, 2.24) is 19.9 Å². The van der Waals surface area contributed by atoms with Gasteiger partial charge in [0.2, 0.25) is 0 Å². The number of carboxylic acid groups (broad SMARTS) is 1. The van der Waals surface area contributed by atoms with E-state index in [0.717, 1.165) is 42.7 Å². The van der Waals surface area contributed by atoms with Gasteiger partial charge in [0.1, 0.15) is 16.5 Å². The number of rotatable bonds is 6. The standard InChI is InChI=1S/C16H21N5O3S/c1-11-18-12(9-15-17-10-13(25-15)16(23)24)8-14(19-11)21-4-2-20(3-5-21)6-7-22/h8,10,22H,2-7,9H2,1H3,(H,23,24). The fraction of sp³-hybridized carbons (Fsp3) is 0.500. The van der Waals surface area contributed by atoms with E-state index in [4.69, 9.17) is 10.2 Å². The van der Waals surface area contributed by atoms with Crippen molar-refractivity contribution in [1.29, 1.82) is 0 Å². The van der Waals surface area contributed by atoms with Crippen molar-refractivity contribution in [2.24, 2.45) is 0 Å². The van der Waals surface area contributed by atoms with Gasteiger partial charge in [0.25, 0.3) is 0 Å². The first-order valence-corrected chi connectivity index (χ1v) is 8.97. The molecular formula is C16H21N5O3S. The summed E-state index contributed by atoms with van der Waals surface area (Å²) in [6, 6.07) is 1.95. The second kappa shape index (κ2) is 7.85. The van der Waals surface area contributed by atoms with Crippen LogP contribution < -0.4 is 4.90 Å². The number of hydrogen-bond acceptors (Lipinski definition) is 8. The molecule has 0 atom stereocenters. The first-order chi connectivity index (χ1) is 12.0. The Morgan fingerprint density at radius 1 is 1.28 bits per heavy atom. The highest BCUT2D eigenvalue weighted by atomic mass is 32.1. The molecule has 0 aliphatic carbocycles. The predicted molar refractivity (Wildman–Crippen MR) is 94.4 cm³/mol. The van der Waals surface area contributed by atoms with E-state index in [2.05, 4.69) is 24.8 Å². The lowest BCUT2D eigenvalue weighted by Gasteiger charge is -2.35. The van der Waals surface area contributed by atoms with Crippen molar-refractivity contribution >= 4 is 23.1 Å². The van der Waals surface area contributed by atoms with Gasteiger partial charge in [0.05, 0.1) is 23.5 Å². The van der Waals surface area contributed by atoms with Crippen LogP contribution in [0.4, 0.5) is 5.82 Å². The number of carboxylic acids is 1. The Hall–Kier alpha value is -2.10. The van der Waals surface area contributed by atoms with E-state index in [1.807, 2.05) is 13.0 Å². The number of aryl methyl sites for hydroxylation is 1. The number of thiazole rings is 1. The van der Waals surface area contributed by atoms with Crippen LogP contribution in [0.3, 0.4) is 0 Å². The fourth-order valence-electron chi connectivity index (χ4n) is 2.85. The Bertz CT molecular complexity index is 743. The quantitative estimate of drug-likeness (QED) is 0.771. The number of aliphatic hydroxyl groups is 1. The lowest BCUT2D eigenvalue weighted by Crippen LogP contribution is -2.47. The molecule has 0 aromatic carbocycles. The van der Waals surface area contributed by atoms with Crippen LogP contribution in [0.25, 0.3) is 0 Å². The summed E-state index contributed by atoms with van der Waals surface area (Å²) in [7, 11) is 0. The summed E-state index contributed by atoms with van der Waals surface area (Å²) in [6.07, 6.45) is 1.89. The smallest absolute Gasteiger partial charge is 0.347 e. The Morgan fingerprint density at radius 2 is 2.04 bits per heavy atom. The Labute approximate surface area is 149 Å². The minimum absolute atomic E-state index is 0.183. The molecule has 3 rings (SSSR count). The lowest BCUT2D eigenvalue weighted by atomic mass is 10.2. The molecule has 9 heteroatoms. The van der Waals surface area contributed by atoms with E-state index >= 15 is 0 Å². The van der Waals surface area contributed by atoms with Crippen LogP contribution in [0, 0.1) is 6.92 Å². The van der Waals surface area contributed by atoms with Crippen molar-refractivity contribution in [2.45, 2.75) is 13.3 Å². The molecule has 1 aliphatic rings. The van der Waals surface area contributed by atoms with Gasteiger partial charge in [-0.3, -0.25) is 4.90 Å². The third-order valence-corrected chi connectivity index (χ3v) is 5.07. The first kappa shape index (κ1) is 17.7. The highest BCUT2D eigenvalue weighted by Gasteiger charge is 2.19. The average molecular weight is 363 g/mol. The number of aromatic nitrogens is 3. The number of hydrogen-bond donors (Lipinski definition) is 2. The maximum Gasteiger partial charge on any atom is 0.347 e. The third-order valence-electron chi connectivity index (χ3n) is 4.09. The van der Waals surface area contributed by atoms with Crippen molar-refractivity contribution in [3.8, 4) is 0 Å². The number of β-amino-alcohol motifs (C(OH)–C–C–N with tert-alkyl or cyclic N) is 1. The van der Waals surface area contributed by atoms with Crippen molar-refractivity contribution in [3.05, 3.63) is 33.7 Å². The van der Waals surface area contributed by atoms with Gasteiger partial charge in [-0.25, -0.2) is 19.7 Å². The number of aliphatic hydroxyl groups excluding tert-OH is 1. The molecule has 0 spiro atoms. The van der Waals surface area contributed by atoms with Crippen LogP contribution in [0.1, 0.15) is 26.2 Å². The molecule has 0 radical (unpaired) electrons. The number of nitrogens with zero attached hydrogens (tertiary/aromatic N) is 5. The normalized spacial score (nSPS) is 15.5. The number of aromatic carboxylic acids is 1. The van der Waals surface area contributed by atoms with Crippen LogP contribution in [-0.2, 0) is 6.42 Å². The molecule has 25 heavy (non-hydrogen) atoms. The molecule has 1 aliphatic heterocycles. The zero-order chi connectivity index (χ0) is 17.8. The van der Waals surface area contributed by atoms with Gasteiger partial charge in [-0.2, -0.15) is 0 Å². The highest BCUT2D eigenvalue weighted by molar-refractivity contribution is 7.13. The summed E-state index contributed by atoms with van der Waals surface area (Å²) in [4.78, 5) is 28.8. The third kappa shape index (κ3) is 4.50. The van der Waals surface area contributed by atoms with Gasteiger partial charge >= 0.3 is 5.97 Å². The van der Waals surface area contributed by atoms with E-state index in [0.29, 0.717) is 18.8 Å². The van der Waals surface area contributed by atoms with E-state index in [1.165, 1.54) is 17.5 Å². The monoisotopic (exact) mass is 363 g/mol. The molecule has 3 heterocycles. The van der Waals surface area contributed by atoms with Gasteiger partial charge < -0.3 is 15.1 Å². The van der Waals surface area contributed by atoms with Gasteiger partial charge in [0, 0.05) is 45.2 Å². The van der Waals surface area contributed by atoms with E-state index in [9.17, 15) is 4.79 Å². The fourth-order valence-corrected chi connectivity index (χ4v) is 3.62. The molecule has 2 N–H and O–H groups in total. The first-order valence-electron chi connectivity index (χ1n) is 8.16. The Balaban J connectivity index is 1.71. The molecule has 134 valence electrons. The minimum atomic E-state index is -0.955. The molecule has 2 aromatic rings. The summed E-state index contributed by atoms with van der Waals surface area (Å²) in [6.45, 7) is 6.26. The minimum Gasteiger partial charge on any atom is -0.477 e.